The van der Waals surface area contributed by atoms with Gasteiger partial charge in [-0.3, -0.25) is 10.1 Å². The Hall–Kier alpha value is -1.92. The van der Waals surface area contributed by atoms with Crippen LogP contribution in [0.3, 0.4) is 0 Å². The SMILES string of the molecule is O=[N+]([O-])c1cccc(Nc2nc(Cl)cc(Cl)n2)c1. The highest BCUT2D eigenvalue weighted by Gasteiger charge is 2.07. The summed E-state index contributed by atoms with van der Waals surface area (Å²) in [5.41, 5.74) is 0.440. The van der Waals surface area contributed by atoms with Crippen molar-refractivity contribution in [2.45, 2.75) is 0 Å². The summed E-state index contributed by atoms with van der Waals surface area (Å²) in [6, 6.07) is 7.33. The number of non-ortho nitro benzene ring substituents is 1. The van der Waals surface area contributed by atoms with E-state index in [4.69, 9.17) is 23.2 Å². The van der Waals surface area contributed by atoms with Gasteiger partial charge in [-0.15, -0.1) is 0 Å². The Kier molecular flexibility index (Phi) is 3.59. The lowest BCUT2D eigenvalue weighted by atomic mass is 10.3. The molecule has 18 heavy (non-hydrogen) atoms. The normalized spacial score (nSPS) is 10.1. The molecule has 0 bridgehead atoms. The number of hydrogen-bond acceptors (Lipinski definition) is 5. The van der Waals surface area contributed by atoms with Crippen LogP contribution in [0.4, 0.5) is 17.3 Å². The van der Waals surface area contributed by atoms with Crippen LogP contribution < -0.4 is 5.32 Å². The fourth-order valence-corrected chi connectivity index (χ4v) is 1.70. The maximum atomic E-state index is 10.6. The third kappa shape index (κ3) is 3.06. The monoisotopic (exact) mass is 284 g/mol. The quantitative estimate of drug-likeness (QED) is 0.530. The highest BCUT2D eigenvalue weighted by atomic mass is 35.5. The standard InChI is InChI=1S/C10H6Cl2N4O2/c11-8-5-9(12)15-10(14-8)13-6-2-1-3-7(4-6)16(17)18/h1-5H,(H,13,14,15). The number of nitrogens with zero attached hydrogens (tertiary/aromatic N) is 3. The minimum absolute atomic E-state index is 0.0341. The predicted molar refractivity (Wildman–Crippen MR) is 68.4 cm³/mol. The molecule has 0 aliphatic carbocycles. The van der Waals surface area contributed by atoms with E-state index in [1.54, 1.807) is 12.1 Å². The molecule has 0 atom stereocenters. The van der Waals surface area contributed by atoms with E-state index in [9.17, 15) is 10.1 Å². The van der Waals surface area contributed by atoms with Crippen LogP contribution in [-0.4, -0.2) is 14.9 Å². The summed E-state index contributed by atoms with van der Waals surface area (Å²) >= 11 is 11.4. The molecule has 0 saturated carbocycles. The van der Waals surface area contributed by atoms with E-state index in [-0.39, 0.29) is 21.9 Å². The van der Waals surface area contributed by atoms with Crippen molar-refractivity contribution in [2.24, 2.45) is 0 Å². The van der Waals surface area contributed by atoms with E-state index in [1.807, 2.05) is 0 Å². The number of aromatic nitrogens is 2. The topological polar surface area (TPSA) is 81.0 Å². The molecule has 0 radical (unpaired) electrons. The number of benzene rings is 1. The van der Waals surface area contributed by atoms with Crippen LogP contribution in [-0.2, 0) is 0 Å². The van der Waals surface area contributed by atoms with Crippen LogP contribution in [0.1, 0.15) is 0 Å². The molecule has 1 N–H and O–H groups in total. The Morgan fingerprint density at radius 3 is 2.44 bits per heavy atom. The third-order valence-electron chi connectivity index (χ3n) is 1.98. The number of hydrogen-bond donors (Lipinski definition) is 1. The molecule has 0 fully saturated rings. The summed E-state index contributed by atoms with van der Waals surface area (Å²) in [5, 5.41) is 13.8. The Labute approximate surface area is 112 Å². The van der Waals surface area contributed by atoms with E-state index in [0.29, 0.717) is 5.69 Å². The van der Waals surface area contributed by atoms with Crippen molar-refractivity contribution in [1.29, 1.82) is 0 Å². The molecular formula is C10H6Cl2N4O2. The van der Waals surface area contributed by atoms with Crippen molar-refractivity contribution < 1.29 is 4.92 Å². The van der Waals surface area contributed by atoms with Crippen LogP contribution in [0.25, 0.3) is 0 Å². The van der Waals surface area contributed by atoms with Crippen LogP contribution in [0.5, 0.6) is 0 Å². The lowest BCUT2D eigenvalue weighted by Gasteiger charge is -2.04. The van der Waals surface area contributed by atoms with Gasteiger partial charge in [0.15, 0.2) is 0 Å². The first kappa shape index (κ1) is 12.5. The molecule has 6 nitrogen and oxygen atoms in total. The summed E-state index contributed by atoms with van der Waals surface area (Å²) in [6.45, 7) is 0. The smallest absolute Gasteiger partial charge is 0.271 e. The van der Waals surface area contributed by atoms with Gasteiger partial charge in [-0.2, -0.15) is 0 Å². The second-order valence-corrected chi connectivity index (χ2v) is 4.04. The summed E-state index contributed by atoms with van der Waals surface area (Å²) < 4.78 is 0. The third-order valence-corrected chi connectivity index (χ3v) is 2.36. The Bertz CT molecular complexity index is 586. The minimum atomic E-state index is -0.489. The van der Waals surface area contributed by atoms with Crippen molar-refractivity contribution in [2.75, 3.05) is 5.32 Å². The fraction of sp³-hybridized carbons (Fsp3) is 0. The molecular weight excluding hydrogens is 279 g/mol. The van der Waals surface area contributed by atoms with Crippen LogP contribution in [0, 0.1) is 10.1 Å². The van der Waals surface area contributed by atoms with Gasteiger partial charge in [0, 0.05) is 23.9 Å². The molecule has 0 unspecified atom stereocenters. The van der Waals surface area contributed by atoms with Gasteiger partial charge in [-0.1, -0.05) is 29.3 Å². The first-order valence-corrected chi connectivity index (χ1v) is 5.52. The maximum Gasteiger partial charge on any atom is 0.271 e. The zero-order chi connectivity index (χ0) is 13.1. The van der Waals surface area contributed by atoms with E-state index < -0.39 is 4.92 Å². The summed E-state index contributed by atoms with van der Waals surface area (Å²) in [4.78, 5) is 17.9. The van der Waals surface area contributed by atoms with Gasteiger partial charge in [0.05, 0.1) is 4.92 Å². The second kappa shape index (κ2) is 5.16. The molecule has 1 heterocycles. The van der Waals surface area contributed by atoms with E-state index >= 15 is 0 Å². The lowest BCUT2D eigenvalue weighted by Crippen LogP contribution is -1.98. The molecule has 0 spiro atoms. The van der Waals surface area contributed by atoms with Crippen LogP contribution in [0.15, 0.2) is 30.3 Å². The van der Waals surface area contributed by atoms with Crippen LogP contribution >= 0.6 is 23.2 Å². The average molecular weight is 285 g/mol. The molecule has 0 saturated heterocycles. The van der Waals surface area contributed by atoms with Gasteiger partial charge < -0.3 is 5.32 Å². The lowest BCUT2D eigenvalue weighted by molar-refractivity contribution is -0.384. The van der Waals surface area contributed by atoms with E-state index in [1.165, 1.54) is 18.2 Å². The first-order valence-electron chi connectivity index (χ1n) is 4.76. The van der Waals surface area contributed by atoms with Crippen LogP contribution in [0.2, 0.25) is 10.3 Å². The molecule has 2 aromatic rings. The summed E-state index contributed by atoms with van der Waals surface area (Å²) in [5.74, 6) is 0.174. The van der Waals surface area contributed by atoms with Gasteiger partial charge >= 0.3 is 0 Å². The number of nitro groups is 1. The molecule has 1 aromatic carbocycles. The number of nitrogens with one attached hydrogen (secondary N) is 1. The average Bonchev–Trinajstić information content (AvgIpc) is 2.27. The zero-order valence-corrected chi connectivity index (χ0v) is 10.3. The van der Waals surface area contributed by atoms with E-state index in [0.717, 1.165) is 0 Å². The van der Waals surface area contributed by atoms with E-state index in [2.05, 4.69) is 15.3 Å². The second-order valence-electron chi connectivity index (χ2n) is 3.27. The zero-order valence-electron chi connectivity index (χ0n) is 8.80. The number of rotatable bonds is 3. The Balaban J connectivity index is 2.28. The molecule has 0 aliphatic heterocycles. The fourth-order valence-electron chi connectivity index (χ4n) is 1.27. The Morgan fingerprint density at radius 2 is 1.83 bits per heavy atom. The minimum Gasteiger partial charge on any atom is -0.324 e. The predicted octanol–water partition coefficient (Wildman–Crippen LogP) is 3.44. The van der Waals surface area contributed by atoms with Gasteiger partial charge in [-0.25, -0.2) is 9.97 Å². The van der Waals surface area contributed by atoms with Gasteiger partial charge in [-0.05, 0) is 6.07 Å². The number of anilines is 2. The van der Waals surface area contributed by atoms with Gasteiger partial charge in [0.25, 0.3) is 5.69 Å². The first-order chi connectivity index (χ1) is 8.54. The summed E-state index contributed by atoms with van der Waals surface area (Å²) in [6.07, 6.45) is 0. The summed E-state index contributed by atoms with van der Waals surface area (Å²) in [7, 11) is 0. The molecule has 1 aromatic heterocycles. The highest BCUT2D eigenvalue weighted by molar-refractivity contribution is 6.33. The molecule has 0 aliphatic rings. The molecule has 8 heteroatoms. The van der Waals surface area contributed by atoms with Gasteiger partial charge in [0.1, 0.15) is 10.3 Å². The highest BCUT2D eigenvalue weighted by Crippen LogP contribution is 2.21. The number of halogens is 2. The van der Waals surface area contributed by atoms with Crippen molar-refractivity contribution in [3.63, 3.8) is 0 Å². The molecule has 92 valence electrons. The Morgan fingerprint density at radius 1 is 1.17 bits per heavy atom. The van der Waals surface area contributed by atoms with Crippen molar-refractivity contribution >= 4 is 40.5 Å². The maximum absolute atomic E-state index is 10.6. The number of nitro benzene ring substituents is 1. The van der Waals surface area contributed by atoms with Gasteiger partial charge in [0.2, 0.25) is 5.95 Å². The van der Waals surface area contributed by atoms with Crippen molar-refractivity contribution in [3.8, 4) is 0 Å². The van der Waals surface area contributed by atoms with Crippen molar-refractivity contribution in [1.82, 2.24) is 9.97 Å². The largest absolute Gasteiger partial charge is 0.324 e. The molecule has 2 rings (SSSR count). The molecule has 0 amide bonds. The van der Waals surface area contributed by atoms with Crippen molar-refractivity contribution in [3.05, 3.63) is 50.8 Å².